The van der Waals surface area contributed by atoms with Crippen LogP contribution in [0.25, 0.3) is 0 Å². The van der Waals surface area contributed by atoms with Crippen LogP contribution in [0.5, 0.6) is 0 Å². The molecule has 14 heavy (non-hydrogen) atoms. The highest BCUT2D eigenvalue weighted by Gasteiger charge is 2.04. The molecule has 86 valence electrons. The van der Waals surface area contributed by atoms with E-state index in [1.807, 2.05) is 0 Å². The predicted octanol–water partition coefficient (Wildman–Crippen LogP) is 2.97. The molecule has 0 fully saturated rings. The zero-order valence-corrected chi connectivity index (χ0v) is 10.1. The highest BCUT2D eigenvalue weighted by atomic mass is 16.5. The zero-order valence-electron chi connectivity index (χ0n) is 10.1. The number of rotatable bonds is 10. The molecule has 0 rings (SSSR count). The van der Waals surface area contributed by atoms with Gasteiger partial charge in [0.15, 0.2) is 0 Å². The van der Waals surface area contributed by atoms with E-state index < -0.39 is 0 Å². The fourth-order valence-corrected chi connectivity index (χ4v) is 1.72. The van der Waals surface area contributed by atoms with E-state index in [2.05, 4.69) is 19.3 Å². The minimum atomic E-state index is 0.696. The van der Waals surface area contributed by atoms with Gasteiger partial charge in [-0.05, 0) is 26.3 Å². The van der Waals surface area contributed by atoms with Crippen molar-refractivity contribution in [1.82, 2.24) is 5.32 Å². The van der Waals surface area contributed by atoms with Crippen molar-refractivity contribution in [3.8, 4) is 0 Å². The molecule has 1 N–H and O–H groups in total. The summed E-state index contributed by atoms with van der Waals surface area (Å²) in [5, 5.41) is 3.38. The molecule has 0 aromatic heterocycles. The van der Waals surface area contributed by atoms with Gasteiger partial charge in [-0.2, -0.15) is 0 Å². The molecule has 2 heteroatoms. The molecule has 0 saturated heterocycles. The molecule has 2 nitrogen and oxygen atoms in total. The van der Waals surface area contributed by atoms with Crippen LogP contribution < -0.4 is 5.32 Å². The molecule has 0 amide bonds. The van der Waals surface area contributed by atoms with Gasteiger partial charge < -0.3 is 10.1 Å². The molecule has 0 aliphatic rings. The third-order valence-electron chi connectivity index (χ3n) is 2.72. The monoisotopic (exact) mass is 201 g/mol. The summed E-state index contributed by atoms with van der Waals surface area (Å²) in [4.78, 5) is 0. The Hall–Kier alpha value is -0.0800. The fraction of sp³-hybridized carbons (Fsp3) is 1.00. The SMILES string of the molecule is CCCCCCC(CCCOC)NC. The molecule has 0 saturated carbocycles. The molecular formula is C12H27NO. The highest BCUT2D eigenvalue weighted by molar-refractivity contribution is 4.64. The first-order valence-electron chi connectivity index (χ1n) is 6.01. The Labute approximate surface area is 89.4 Å². The maximum absolute atomic E-state index is 5.05. The summed E-state index contributed by atoms with van der Waals surface area (Å²) in [6.07, 6.45) is 9.21. The Morgan fingerprint density at radius 1 is 1.07 bits per heavy atom. The maximum Gasteiger partial charge on any atom is 0.0462 e. The van der Waals surface area contributed by atoms with Crippen molar-refractivity contribution in [2.75, 3.05) is 20.8 Å². The van der Waals surface area contributed by atoms with Gasteiger partial charge in [0.1, 0.15) is 0 Å². The molecule has 0 aliphatic heterocycles. The topological polar surface area (TPSA) is 21.3 Å². The minimum absolute atomic E-state index is 0.696. The van der Waals surface area contributed by atoms with Crippen LogP contribution in [-0.2, 0) is 4.74 Å². The van der Waals surface area contributed by atoms with Gasteiger partial charge in [-0.25, -0.2) is 0 Å². The summed E-state index contributed by atoms with van der Waals surface area (Å²) in [6, 6.07) is 0.696. The second-order valence-corrected chi connectivity index (χ2v) is 3.97. The lowest BCUT2D eigenvalue weighted by Gasteiger charge is -2.15. The molecule has 0 aromatic carbocycles. The summed E-state index contributed by atoms with van der Waals surface area (Å²) in [5.41, 5.74) is 0. The van der Waals surface area contributed by atoms with E-state index in [0.717, 1.165) is 6.61 Å². The van der Waals surface area contributed by atoms with Gasteiger partial charge in [-0.1, -0.05) is 32.6 Å². The van der Waals surface area contributed by atoms with E-state index in [1.54, 1.807) is 7.11 Å². The normalized spacial score (nSPS) is 13.1. The molecule has 0 bridgehead atoms. The van der Waals surface area contributed by atoms with E-state index in [-0.39, 0.29) is 0 Å². The average Bonchev–Trinajstić information content (AvgIpc) is 2.22. The summed E-state index contributed by atoms with van der Waals surface area (Å²) >= 11 is 0. The van der Waals surface area contributed by atoms with Crippen LogP contribution in [0.1, 0.15) is 51.9 Å². The van der Waals surface area contributed by atoms with Gasteiger partial charge in [0.05, 0.1) is 0 Å². The van der Waals surface area contributed by atoms with Gasteiger partial charge in [0.25, 0.3) is 0 Å². The Balaban J connectivity index is 3.28. The van der Waals surface area contributed by atoms with Crippen molar-refractivity contribution in [3.05, 3.63) is 0 Å². The van der Waals surface area contributed by atoms with Crippen molar-refractivity contribution < 1.29 is 4.74 Å². The molecule has 0 aliphatic carbocycles. The van der Waals surface area contributed by atoms with Gasteiger partial charge >= 0.3 is 0 Å². The van der Waals surface area contributed by atoms with Crippen LogP contribution in [0.3, 0.4) is 0 Å². The van der Waals surface area contributed by atoms with Crippen LogP contribution >= 0.6 is 0 Å². The number of ether oxygens (including phenoxy) is 1. The van der Waals surface area contributed by atoms with E-state index >= 15 is 0 Å². The number of hydrogen-bond donors (Lipinski definition) is 1. The molecule has 0 aromatic rings. The minimum Gasteiger partial charge on any atom is -0.385 e. The first kappa shape index (κ1) is 13.9. The molecule has 0 spiro atoms. The van der Waals surface area contributed by atoms with Crippen molar-refractivity contribution in [3.63, 3.8) is 0 Å². The maximum atomic E-state index is 5.05. The van der Waals surface area contributed by atoms with E-state index in [9.17, 15) is 0 Å². The van der Waals surface area contributed by atoms with Gasteiger partial charge in [-0.3, -0.25) is 0 Å². The lowest BCUT2D eigenvalue weighted by atomic mass is 10.0. The Morgan fingerprint density at radius 2 is 1.79 bits per heavy atom. The Bertz CT molecular complexity index is 106. The van der Waals surface area contributed by atoms with Crippen LogP contribution in [0.15, 0.2) is 0 Å². The van der Waals surface area contributed by atoms with Crippen LogP contribution in [0.2, 0.25) is 0 Å². The summed E-state index contributed by atoms with van der Waals surface area (Å²) in [7, 11) is 3.84. The second-order valence-electron chi connectivity index (χ2n) is 3.97. The first-order chi connectivity index (χ1) is 6.85. The van der Waals surface area contributed by atoms with E-state index in [1.165, 1.54) is 44.9 Å². The van der Waals surface area contributed by atoms with Crippen molar-refractivity contribution >= 4 is 0 Å². The standard InChI is InChI=1S/C12H27NO/c1-4-5-6-7-9-12(13-2)10-8-11-14-3/h12-13H,4-11H2,1-3H3. The third kappa shape index (κ3) is 8.52. The van der Waals surface area contributed by atoms with Gasteiger partial charge in [0, 0.05) is 19.8 Å². The van der Waals surface area contributed by atoms with Crippen molar-refractivity contribution in [2.24, 2.45) is 0 Å². The quantitative estimate of drug-likeness (QED) is 0.549. The van der Waals surface area contributed by atoms with Crippen molar-refractivity contribution in [1.29, 1.82) is 0 Å². The number of methoxy groups -OCH3 is 1. The lowest BCUT2D eigenvalue weighted by Crippen LogP contribution is -2.25. The van der Waals surface area contributed by atoms with E-state index in [0.29, 0.717) is 6.04 Å². The number of unbranched alkanes of at least 4 members (excludes halogenated alkanes) is 3. The predicted molar refractivity (Wildman–Crippen MR) is 62.7 cm³/mol. The Morgan fingerprint density at radius 3 is 2.36 bits per heavy atom. The molecule has 1 atom stereocenters. The molecule has 0 radical (unpaired) electrons. The smallest absolute Gasteiger partial charge is 0.0462 e. The van der Waals surface area contributed by atoms with Crippen LogP contribution in [-0.4, -0.2) is 26.8 Å². The highest BCUT2D eigenvalue weighted by Crippen LogP contribution is 2.09. The third-order valence-corrected chi connectivity index (χ3v) is 2.72. The lowest BCUT2D eigenvalue weighted by molar-refractivity contribution is 0.188. The zero-order chi connectivity index (χ0) is 10.6. The van der Waals surface area contributed by atoms with Gasteiger partial charge in [0.2, 0.25) is 0 Å². The summed E-state index contributed by atoms with van der Waals surface area (Å²) in [6.45, 7) is 3.15. The van der Waals surface area contributed by atoms with Crippen LogP contribution in [0.4, 0.5) is 0 Å². The number of nitrogens with one attached hydrogen (secondary N) is 1. The molecule has 1 unspecified atom stereocenters. The van der Waals surface area contributed by atoms with E-state index in [4.69, 9.17) is 4.74 Å². The van der Waals surface area contributed by atoms with Gasteiger partial charge in [-0.15, -0.1) is 0 Å². The largest absolute Gasteiger partial charge is 0.385 e. The van der Waals surface area contributed by atoms with Crippen LogP contribution in [0, 0.1) is 0 Å². The fourth-order valence-electron chi connectivity index (χ4n) is 1.72. The molecule has 0 heterocycles. The molecular weight excluding hydrogens is 174 g/mol. The summed E-state index contributed by atoms with van der Waals surface area (Å²) in [5.74, 6) is 0. The second kappa shape index (κ2) is 11.0. The first-order valence-corrected chi connectivity index (χ1v) is 6.01. The average molecular weight is 201 g/mol. The number of hydrogen-bond acceptors (Lipinski definition) is 2. The Kier molecular flexibility index (Phi) is 10.9. The summed E-state index contributed by atoms with van der Waals surface area (Å²) < 4.78 is 5.05. The van der Waals surface area contributed by atoms with Crippen molar-refractivity contribution in [2.45, 2.75) is 57.9 Å².